The molecule has 0 unspecified atom stereocenters. The second-order valence-corrected chi connectivity index (χ2v) is 6.10. The topological polar surface area (TPSA) is 46.9 Å². The van der Waals surface area contributed by atoms with Crippen LogP contribution in [0.5, 0.6) is 0 Å². The van der Waals surface area contributed by atoms with Gasteiger partial charge in [0.2, 0.25) is 5.91 Å². The maximum Gasteiger partial charge on any atom is 0.224 e. The summed E-state index contributed by atoms with van der Waals surface area (Å²) >= 11 is 5.96. The third-order valence-electron chi connectivity index (χ3n) is 3.95. The van der Waals surface area contributed by atoms with Gasteiger partial charge in [0.1, 0.15) is 5.82 Å². The fraction of sp³-hybridized carbons (Fsp3) is 0.238. The maximum atomic E-state index is 13.0. The smallest absolute Gasteiger partial charge is 0.224 e. The molecule has 1 aromatic heterocycles. The Morgan fingerprint density at radius 3 is 2.52 bits per heavy atom. The normalized spacial score (nSPS) is 10.1. The van der Waals surface area contributed by atoms with Crippen LogP contribution in [-0.2, 0) is 17.8 Å². The van der Waals surface area contributed by atoms with Crippen molar-refractivity contribution in [1.29, 1.82) is 0 Å². The molecule has 0 fully saturated rings. The van der Waals surface area contributed by atoms with Crippen LogP contribution in [0.4, 0.5) is 4.39 Å². The van der Waals surface area contributed by atoms with Gasteiger partial charge in [-0.05, 0) is 36.8 Å². The Bertz CT molecular complexity index is 894. The first-order chi connectivity index (χ1) is 13.0. The molecule has 27 heavy (non-hydrogen) atoms. The van der Waals surface area contributed by atoms with Gasteiger partial charge in [-0.1, -0.05) is 49.7 Å². The zero-order chi connectivity index (χ0) is 19.8. The van der Waals surface area contributed by atoms with Gasteiger partial charge in [0.15, 0.2) is 0 Å². The van der Waals surface area contributed by atoms with Crippen molar-refractivity contribution in [1.82, 2.24) is 15.1 Å². The van der Waals surface area contributed by atoms with Crippen molar-refractivity contribution >= 4 is 17.5 Å². The van der Waals surface area contributed by atoms with Crippen LogP contribution in [0.15, 0.2) is 54.7 Å². The molecular formula is C21H23ClFN3O. The van der Waals surface area contributed by atoms with E-state index in [-0.39, 0.29) is 18.9 Å². The Labute approximate surface area is 164 Å². The van der Waals surface area contributed by atoms with Gasteiger partial charge in [-0.3, -0.25) is 4.79 Å². The predicted molar refractivity (Wildman–Crippen MR) is 107 cm³/mol. The SMILES string of the molecule is CC.Cc1c(CC(=O)NCc2ccc(F)cc2Cl)cnn1-c1ccccc1. The minimum Gasteiger partial charge on any atom is -0.352 e. The third kappa shape index (κ3) is 5.41. The first kappa shape index (κ1) is 20.6. The summed E-state index contributed by atoms with van der Waals surface area (Å²) in [6.45, 7) is 6.18. The molecule has 0 aliphatic carbocycles. The third-order valence-corrected chi connectivity index (χ3v) is 4.31. The van der Waals surface area contributed by atoms with E-state index in [2.05, 4.69) is 10.4 Å². The number of halogens is 2. The molecule has 1 amide bonds. The average molecular weight is 388 g/mol. The van der Waals surface area contributed by atoms with Crippen LogP contribution in [0.1, 0.15) is 30.7 Å². The Morgan fingerprint density at radius 1 is 1.15 bits per heavy atom. The Balaban J connectivity index is 0.00000126. The van der Waals surface area contributed by atoms with Gasteiger partial charge in [0, 0.05) is 22.8 Å². The van der Waals surface area contributed by atoms with Crippen LogP contribution < -0.4 is 5.32 Å². The maximum absolute atomic E-state index is 13.0. The fourth-order valence-corrected chi connectivity index (χ4v) is 2.77. The second kappa shape index (κ2) is 9.88. The molecule has 3 rings (SSSR count). The highest BCUT2D eigenvalue weighted by atomic mass is 35.5. The number of carbonyl (C=O) groups is 1. The van der Waals surface area contributed by atoms with Crippen molar-refractivity contribution in [3.63, 3.8) is 0 Å². The lowest BCUT2D eigenvalue weighted by Gasteiger charge is -2.08. The van der Waals surface area contributed by atoms with E-state index >= 15 is 0 Å². The summed E-state index contributed by atoms with van der Waals surface area (Å²) in [6.07, 6.45) is 1.92. The van der Waals surface area contributed by atoms with Gasteiger partial charge >= 0.3 is 0 Å². The molecule has 0 spiro atoms. The van der Waals surface area contributed by atoms with Crippen molar-refractivity contribution in [2.75, 3.05) is 0 Å². The lowest BCUT2D eigenvalue weighted by atomic mass is 10.1. The molecule has 0 aliphatic rings. The van der Waals surface area contributed by atoms with E-state index in [9.17, 15) is 9.18 Å². The van der Waals surface area contributed by atoms with E-state index in [0.29, 0.717) is 10.6 Å². The van der Waals surface area contributed by atoms with Crippen LogP contribution in [-0.4, -0.2) is 15.7 Å². The van der Waals surface area contributed by atoms with Gasteiger partial charge in [0.05, 0.1) is 18.3 Å². The van der Waals surface area contributed by atoms with Gasteiger partial charge in [-0.2, -0.15) is 5.10 Å². The number of aromatic nitrogens is 2. The quantitative estimate of drug-likeness (QED) is 0.679. The number of nitrogens with one attached hydrogen (secondary N) is 1. The molecule has 2 aromatic carbocycles. The van der Waals surface area contributed by atoms with Crippen LogP contribution >= 0.6 is 11.6 Å². The summed E-state index contributed by atoms with van der Waals surface area (Å²) < 4.78 is 14.8. The molecule has 3 aromatic rings. The van der Waals surface area contributed by atoms with Crippen LogP contribution in [0.25, 0.3) is 5.69 Å². The number of rotatable bonds is 5. The Kier molecular flexibility index (Phi) is 7.55. The lowest BCUT2D eigenvalue weighted by Crippen LogP contribution is -2.24. The Hall–Kier alpha value is -2.66. The minimum absolute atomic E-state index is 0.142. The number of carbonyl (C=O) groups excluding carboxylic acids is 1. The number of hydrogen-bond donors (Lipinski definition) is 1. The van der Waals surface area contributed by atoms with E-state index in [0.717, 1.165) is 16.9 Å². The van der Waals surface area contributed by atoms with Gasteiger partial charge in [-0.25, -0.2) is 9.07 Å². The van der Waals surface area contributed by atoms with Crippen molar-refractivity contribution in [3.8, 4) is 5.69 Å². The molecule has 1 heterocycles. The number of benzene rings is 2. The molecule has 0 radical (unpaired) electrons. The molecular weight excluding hydrogens is 365 g/mol. The Morgan fingerprint density at radius 2 is 1.85 bits per heavy atom. The molecule has 4 nitrogen and oxygen atoms in total. The van der Waals surface area contributed by atoms with Crippen LogP contribution in [0, 0.1) is 12.7 Å². The first-order valence-electron chi connectivity index (χ1n) is 8.84. The summed E-state index contributed by atoms with van der Waals surface area (Å²) in [7, 11) is 0. The molecule has 0 saturated carbocycles. The van der Waals surface area contributed by atoms with Crippen LogP contribution in [0.2, 0.25) is 5.02 Å². The monoisotopic (exact) mass is 387 g/mol. The van der Waals surface area contributed by atoms with E-state index in [1.54, 1.807) is 16.9 Å². The highest BCUT2D eigenvalue weighted by Crippen LogP contribution is 2.17. The van der Waals surface area contributed by atoms with E-state index in [1.807, 2.05) is 51.1 Å². The molecule has 0 atom stereocenters. The largest absolute Gasteiger partial charge is 0.352 e. The summed E-state index contributed by atoms with van der Waals surface area (Å²) in [5.74, 6) is -0.542. The first-order valence-corrected chi connectivity index (χ1v) is 9.22. The van der Waals surface area contributed by atoms with Crippen molar-refractivity contribution in [2.24, 2.45) is 0 Å². The van der Waals surface area contributed by atoms with Gasteiger partial charge in [0.25, 0.3) is 0 Å². The molecule has 142 valence electrons. The van der Waals surface area contributed by atoms with Crippen molar-refractivity contribution in [3.05, 3.63) is 82.4 Å². The average Bonchev–Trinajstić information content (AvgIpc) is 3.04. The van der Waals surface area contributed by atoms with Crippen LogP contribution in [0.3, 0.4) is 0 Å². The lowest BCUT2D eigenvalue weighted by molar-refractivity contribution is -0.120. The van der Waals surface area contributed by atoms with E-state index in [4.69, 9.17) is 11.6 Å². The highest BCUT2D eigenvalue weighted by Gasteiger charge is 2.12. The zero-order valence-electron chi connectivity index (χ0n) is 15.7. The summed E-state index contributed by atoms with van der Waals surface area (Å²) in [4.78, 5) is 12.2. The molecule has 1 N–H and O–H groups in total. The zero-order valence-corrected chi connectivity index (χ0v) is 16.4. The van der Waals surface area contributed by atoms with E-state index in [1.165, 1.54) is 12.1 Å². The standard InChI is InChI=1S/C19H17ClFN3O.C2H6/c1-13-15(12-23-24(13)17-5-3-2-4-6-17)9-19(25)22-11-14-7-8-16(21)10-18(14)20;1-2/h2-8,10,12H,9,11H2,1H3,(H,22,25);1-2H3. The summed E-state index contributed by atoms with van der Waals surface area (Å²) in [5, 5.41) is 7.46. The number of hydrogen-bond acceptors (Lipinski definition) is 2. The minimum atomic E-state index is -0.399. The summed E-state index contributed by atoms with van der Waals surface area (Å²) in [6, 6.07) is 13.9. The van der Waals surface area contributed by atoms with Crippen molar-refractivity contribution in [2.45, 2.75) is 33.7 Å². The molecule has 6 heteroatoms. The molecule has 0 bridgehead atoms. The van der Waals surface area contributed by atoms with Gasteiger partial charge in [-0.15, -0.1) is 0 Å². The second-order valence-electron chi connectivity index (χ2n) is 5.69. The number of para-hydroxylation sites is 1. The van der Waals surface area contributed by atoms with Crippen molar-refractivity contribution < 1.29 is 9.18 Å². The molecule has 0 aliphatic heterocycles. The number of nitrogens with zero attached hydrogens (tertiary/aromatic N) is 2. The van der Waals surface area contributed by atoms with Gasteiger partial charge < -0.3 is 5.32 Å². The molecule has 0 saturated heterocycles. The predicted octanol–water partition coefficient (Wildman–Crippen LogP) is 4.86. The summed E-state index contributed by atoms with van der Waals surface area (Å²) in [5.41, 5.74) is 3.39. The van der Waals surface area contributed by atoms with E-state index < -0.39 is 5.82 Å². The highest BCUT2D eigenvalue weighted by molar-refractivity contribution is 6.31. The fourth-order valence-electron chi connectivity index (χ4n) is 2.54. The number of amides is 1.